The van der Waals surface area contributed by atoms with Crippen LogP contribution >= 0.6 is 11.6 Å². The Morgan fingerprint density at radius 1 is 1.18 bits per heavy atom. The summed E-state index contributed by atoms with van der Waals surface area (Å²) in [5.74, 6) is 0.563. The van der Waals surface area contributed by atoms with Crippen molar-refractivity contribution in [2.24, 2.45) is 5.92 Å². The molecule has 1 aromatic rings. The maximum atomic E-state index is 9.50. The monoisotopic (exact) mass is 255 g/mol. The second-order valence-corrected chi connectivity index (χ2v) is 5.39. The van der Waals surface area contributed by atoms with Crippen molar-refractivity contribution in [1.29, 1.82) is 0 Å². The van der Waals surface area contributed by atoms with Gasteiger partial charge in [-0.15, -0.1) is 0 Å². The zero-order valence-electron chi connectivity index (χ0n) is 11.2. The van der Waals surface area contributed by atoms with E-state index in [1.807, 2.05) is 25.2 Å². The maximum absolute atomic E-state index is 9.50. The van der Waals surface area contributed by atoms with Crippen LogP contribution in [0.1, 0.15) is 39.4 Å². The molecular weight excluding hydrogens is 234 g/mol. The maximum Gasteiger partial charge on any atom is 0.0762 e. The first kappa shape index (κ1) is 14.3. The summed E-state index contributed by atoms with van der Waals surface area (Å²) in [6.07, 6.45) is -0.477. The van der Waals surface area contributed by atoms with Gasteiger partial charge in [0.1, 0.15) is 0 Å². The molecule has 3 heteroatoms. The van der Waals surface area contributed by atoms with E-state index in [1.165, 1.54) is 0 Å². The van der Waals surface area contributed by atoms with E-state index in [-0.39, 0.29) is 0 Å². The highest BCUT2D eigenvalue weighted by Gasteiger charge is 2.16. The fourth-order valence-corrected chi connectivity index (χ4v) is 2.06. The van der Waals surface area contributed by atoms with Gasteiger partial charge in [0.2, 0.25) is 0 Å². The smallest absolute Gasteiger partial charge is 0.0762 e. The van der Waals surface area contributed by atoms with E-state index in [0.717, 1.165) is 11.3 Å². The van der Waals surface area contributed by atoms with Crippen LogP contribution in [0.25, 0.3) is 0 Å². The zero-order valence-corrected chi connectivity index (χ0v) is 12.0. The van der Waals surface area contributed by atoms with Gasteiger partial charge in [-0.05, 0) is 37.5 Å². The van der Waals surface area contributed by atoms with E-state index in [0.29, 0.717) is 17.0 Å². The van der Waals surface area contributed by atoms with Gasteiger partial charge in [-0.1, -0.05) is 31.5 Å². The Labute approximate surface area is 109 Å². The normalized spacial score (nSPS) is 14.8. The van der Waals surface area contributed by atoms with E-state index in [2.05, 4.69) is 25.7 Å². The molecule has 1 N–H and O–H groups in total. The molecule has 2 atom stereocenters. The summed E-state index contributed by atoms with van der Waals surface area (Å²) in [6.45, 7) is 8.31. The van der Waals surface area contributed by atoms with E-state index < -0.39 is 6.10 Å². The minimum absolute atomic E-state index is 0.421. The first-order valence-electron chi connectivity index (χ1n) is 6.05. The Morgan fingerprint density at radius 2 is 1.76 bits per heavy atom. The number of nitrogens with zero attached hydrogens (tertiary/aromatic N) is 1. The van der Waals surface area contributed by atoms with Crippen LogP contribution in [0, 0.1) is 5.92 Å². The van der Waals surface area contributed by atoms with E-state index in [9.17, 15) is 5.11 Å². The van der Waals surface area contributed by atoms with Crippen LogP contribution < -0.4 is 4.90 Å². The Hall–Kier alpha value is -0.730. The van der Waals surface area contributed by atoms with Gasteiger partial charge >= 0.3 is 0 Å². The fraction of sp³-hybridized carbons (Fsp3) is 0.571. The standard InChI is InChI=1S/C14H22ClNO/c1-9(2)10(3)16(5)14-7-6-12(11(4)17)8-13(14)15/h6-11,17H,1-5H3. The molecule has 0 bridgehead atoms. The van der Waals surface area contributed by atoms with Gasteiger partial charge in [0.25, 0.3) is 0 Å². The average Bonchev–Trinajstić information content (AvgIpc) is 2.26. The van der Waals surface area contributed by atoms with Crippen LogP contribution in [0.2, 0.25) is 5.02 Å². The molecule has 0 heterocycles. The molecule has 0 amide bonds. The van der Waals surface area contributed by atoms with Crippen molar-refractivity contribution in [3.63, 3.8) is 0 Å². The molecule has 1 aromatic carbocycles. The first-order valence-corrected chi connectivity index (χ1v) is 6.42. The molecule has 1 rings (SSSR count). The predicted molar refractivity (Wildman–Crippen MR) is 74.8 cm³/mol. The van der Waals surface area contributed by atoms with Crippen molar-refractivity contribution in [2.45, 2.75) is 39.8 Å². The Morgan fingerprint density at radius 3 is 2.18 bits per heavy atom. The Balaban J connectivity index is 2.99. The van der Waals surface area contributed by atoms with Gasteiger partial charge in [-0.3, -0.25) is 0 Å². The van der Waals surface area contributed by atoms with E-state index >= 15 is 0 Å². The second kappa shape index (κ2) is 5.74. The van der Waals surface area contributed by atoms with Gasteiger partial charge in [0.15, 0.2) is 0 Å². The highest BCUT2D eigenvalue weighted by Crippen LogP contribution is 2.30. The lowest BCUT2D eigenvalue weighted by atomic mass is 10.0. The number of halogens is 1. The summed E-state index contributed by atoms with van der Waals surface area (Å²) in [7, 11) is 2.05. The van der Waals surface area contributed by atoms with E-state index in [4.69, 9.17) is 11.6 Å². The Kier molecular flexibility index (Phi) is 4.84. The fourth-order valence-electron chi connectivity index (χ4n) is 1.74. The van der Waals surface area contributed by atoms with Crippen LogP contribution in [-0.2, 0) is 0 Å². The molecule has 0 aliphatic heterocycles. The van der Waals surface area contributed by atoms with Gasteiger partial charge in [0.05, 0.1) is 16.8 Å². The largest absolute Gasteiger partial charge is 0.389 e. The molecule has 0 saturated heterocycles. The summed E-state index contributed by atoms with van der Waals surface area (Å²) in [5, 5.41) is 10.2. The summed E-state index contributed by atoms with van der Waals surface area (Å²) < 4.78 is 0. The van der Waals surface area contributed by atoms with E-state index in [1.54, 1.807) is 6.92 Å². The van der Waals surface area contributed by atoms with Crippen LogP contribution in [0.3, 0.4) is 0 Å². The number of aliphatic hydroxyl groups excluding tert-OH is 1. The van der Waals surface area contributed by atoms with Crippen molar-refractivity contribution in [3.8, 4) is 0 Å². The van der Waals surface area contributed by atoms with Crippen LogP contribution in [-0.4, -0.2) is 18.2 Å². The lowest BCUT2D eigenvalue weighted by Gasteiger charge is -2.31. The molecule has 17 heavy (non-hydrogen) atoms. The topological polar surface area (TPSA) is 23.5 Å². The highest BCUT2D eigenvalue weighted by atomic mass is 35.5. The number of aliphatic hydroxyl groups is 1. The minimum Gasteiger partial charge on any atom is -0.389 e. The molecule has 0 aromatic heterocycles. The number of hydrogen-bond donors (Lipinski definition) is 1. The van der Waals surface area contributed by atoms with Crippen molar-refractivity contribution >= 4 is 17.3 Å². The third-order valence-electron chi connectivity index (χ3n) is 3.41. The lowest BCUT2D eigenvalue weighted by molar-refractivity contribution is 0.199. The molecule has 96 valence electrons. The van der Waals surface area contributed by atoms with Gasteiger partial charge in [-0.2, -0.15) is 0 Å². The van der Waals surface area contributed by atoms with Gasteiger partial charge in [0, 0.05) is 13.1 Å². The van der Waals surface area contributed by atoms with Gasteiger partial charge < -0.3 is 10.0 Å². The summed E-state index contributed by atoms with van der Waals surface area (Å²) in [4.78, 5) is 2.18. The summed E-state index contributed by atoms with van der Waals surface area (Å²) in [5.41, 5.74) is 1.86. The minimum atomic E-state index is -0.477. The molecule has 2 unspecified atom stereocenters. The molecule has 0 aliphatic carbocycles. The molecule has 0 aliphatic rings. The van der Waals surface area contributed by atoms with Crippen molar-refractivity contribution in [3.05, 3.63) is 28.8 Å². The number of rotatable bonds is 4. The average molecular weight is 256 g/mol. The first-order chi connectivity index (χ1) is 7.84. The van der Waals surface area contributed by atoms with Crippen LogP contribution in [0.5, 0.6) is 0 Å². The highest BCUT2D eigenvalue weighted by molar-refractivity contribution is 6.33. The molecule has 0 spiro atoms. The zero-order chi connectivity index (χ0) is 13.2. The van der Waals surface area contributed by atoms with Crippen molar-refractivity contribution in [2.75, 3.05) is 11.9 Å². The quantitative estimate of drug-likeness (QED) is 0.883. The summed E-state index contributed by atoms with van der Waals surface area (Å²) >= 11 is 6.26. The van der Waals surface area contributed by atoms with Crippen molar-refractivity contribution < 1.29 is 5.11 Å². The molecule has 0 fully saturated rings. The molecule has 0 saturated carbocycles. The number of benzene rings is 1. The second-order valence-electron chi connectivity index (χ2n) is 4.98. The predicted octanol–water partition coefficient (Wildman–Crippen LogP) is 3.87. The molecule has 0 radical (unpaired) electrons. The van der Waals surface area contributed by atoms with Gasteiger partial charge in [-0.25, -0.2) is 0 Å². The van der Waals surface area contributed by atoms with Crippen LogP contribution in [0.4, 0.5) is 5.69 Å². The van der Waals surface area contributed by atoms with Crippen LogP contribution in [0.15, 0.2) is 18.2 Å². The molecule has 2 nitrogen and oxygen atoms in total. The number of anilines is 1. The number of hydrogen-bond acceptors (Lipinski definition) is 2. The molecular formula is C14H22ClNO. The Bertz CT molecular complexity index is 376. The SMILES string of the molecule is CC(O)c1ccc(N(C)C(C)C(C)C)c(Cl)c1. The lowest BCUT2D eigenvalue weighted by Crippen LogP contribution is -2.33. The third kappa shape index (κ3) is 3.36. The van der Waals surface area contributed by atoms with Crippen molar-refractivity contribution in [1.82, 2.24) is 0 Å². The summed E-state index contributed by atoms with van der Waals surface area (Å²) in [6, 6.07) is 6.16. The third-order valence-corrected chi connectivity index (χ3v) is 3.71.